The van der Waals surface area contributed by atoms with Crippen LogP contribution in [0.2, 0.25) is 0 Å². The van der Waals surface area contributed by atoms with Gasteiger partial charge in [0, 0.05) is 25.5 Å². The van der Waals surface area contributed by atoms with Crippen molar-refractivity contribution in [3.63, 3.8) is 0 Å². The molecule has 0 saturated carbocycles. The van der Waals surface area contributed by atoms with Crippen LogP contribution in [-0.2, 0) is 6.54 Å². The summed E-state index contributed by atoms with van der Waals surface area (Å²) in [5.74, 6) is 0. The number of benzene rings is 1. The highest BCUT2D eigenvalue weighted by Gasteiger charge is 2.08. The highest BCUT2D eigenvalue weighted by atomic mass is 15.1. The Morgan fingerprint density at radius 2 is 1.94 bits per heavy atom. The van der Waals surface area contributed by atoms with Crippen molar-refractivity contribution in [2.45, 2.75) is 13.5 Å². The fourth-order valence-corrected chi connectivity index (χ4v) is 1.92. The molecule has 0 amide bonds. The first-order valence-electron chi connectivity index (χ1n) is 6.25. The van der Waals surface area contributed by atoms with E-state index in [4.69, 9.17) is 0 Å². The van der Waals surface area contributed by atoms with Crippen LogP contribution >= 0.6 is 0 Å². The second-order valence-electron chi connectivity index (χ2n) is 4.18. The predicted octanol–water partition coefficient (Wildman–Crippen LogP) is 2.96. The molecule has 0 atom stereocenters. The van der Waals surface area contributed by atoms with Crippen LogP contribution in [0.25, 0.3) is 0 Å². The maximum absolute atomic E-state index is 4.23. The Morgan fingerprint density at radius 3 is 2.67 bits per heavy atom. The number of anilines is 2. The van der Waals surface area contributed by atoms with E-state index in [1.54, 1.807) is 0 Å². The van der Waals surface area contributed by atoms with E-state index in [1.807, 2.05) is 30.6 Å². The number of para-hydroxylation sites is 1. The normalized spacial score (nSPS) is 10.3. The number of aromatic nitrogens is 1. The lowest BCUT2D eigenvalue weighted by molar-refractivity contribution is 0.725. The number of hydrogen-bond acceptors (Lipinski definition) is 3. The Morgan fingerprint density at radius 1 is 1.17 bits per heavy atom. The molecule has 0 spiro atoms. The predicted molar refractivity (Wildman–Crippen MR) is 76.1 cm³/mol. The lowest BCUT2D eigenvalue weighted by atomic mass is 10.2. The van der Waals surface area contributed by atoms with Gasteiger partial charge in [-0.1, -0.05) is 25.1 Å². The second kappa shape index (κ2) is 6.17. The van der Waals surface area contributed by atoms with Gasteiger partial charge in [0.05, 0.1) is 11.9 Å². The largest absolute Gasteiger partial charge is 0.343 e. The zero-order chi connectivity index (χ0) is 12.8. The third-order valence-corrected chi connectivity index (χ3v) is 2.96. The van der Waals surface area contributed by atoms with Gasteiger partial charge in [-0.25, -0.2) is 0 Å². The lowest BCUT2D eigenvalue weighted by Crippen LogP contribution is -2.17. The van der Waals surface area contributed by atoms with Gasteiger partial charge >= 0.3 is 0 Å². The summed E-state index contributed by atoms with van der Waals surface area (Å²) in [7, 11) is 2.07. The van der Waals surface area contributed by atoms with Gasteiger partial charge in [0.2, 0.25) is 0 Å². The first-order chi connectivity index (χ1) is 8.83. The van der Waals surface area contributed by atoms with Crippen molar-refractivity contribution in [2.24, 2.45) is 0 Å². The molecule has 3 heteroatoms. The Bertz CT molecular complexity index is 482. The summed E-state index contributed by atoms with van der Waals surface area (Å²) in [6.07, 6.45) is 3.76. The maximum atomic E-state index is 4.23. The van der Waals surface area contributed by atoms with Crippen molar-refractivity contribution in [3.8, 4) is 0 Å². The SMILES string of the molecule is CCNCc1ccncc1N(C)c1ccccc1. The van der Waals surface area contributed by atoms with Gasteiger partial charge in [-0.05, 0) is 30.3 Å². The lowest BCUT2D eigenvalue weighted by Gasteiger charge is -2.22. The quantitative estimate of drug-likeness (QED) is 0.872. The van der Waals surface area contributed by atoms with Crippen molar-refractivity contribution in [2.75, 3.05) is 18.5 Å². The van der Waals surface area contributed by atoms with E-state index < -0.39 is 0 Å². The third-order valence-electron chi connectivity index (χ3n) is 2.96. The summed E-state index contributed by atoms with van der Waals surface area (Å²) in [6, 6.07) is 12.4. The number of hydrogen-bond donors (Lipinski definition) is 1. The summed E-state index contributed by atoms with van der Waals surface area (Å²) in [5, 5.41) is 3.36. The maximum Gasteiger partial charge on any atom is 0.0640 e. The average Bonchev–Trinajstić information content (AvgIpc) is 2.45. The Kier molecular flexibility index (Phi) is 4.31. The van der Waals surface area contributed by atoms with Crippen molar-refractivity contribution >= 4 is 11.4 Å². The molecule has 94 valence electrons. The van der Waals surface area contributed by atoms with Crippen LogP contribution < -0.4 is 10.2 Å². The molecule has 3 nitrogen and oxygen atoms in total. The van der Waals surface area contributed by atoms with Crippen LogP contribution in [0.15, 0.2) is 48.8 Å². The van der Waals surface area contributed by atoms with Crippen LogP contribution in [0.4, 0.5) is 11.4 Å². The molecule has 0 bridgehead atoms. The number of nitrogens with zero attached hydrogens (tertiary/aromatic N) is 2. The minimum absolute atomic E-state index is 0.867. The Hall–Kier alpha value is -1.87. The zero-order valence-corrected chi connectivity index (χ0v) is 10.9. The number of pyridine rings is 1. The average molecular weight is 241 g/mol. The monoisotopic (exact) mass is 241 g/mol. The van der Waals surface area contributed by atoms with Gasteiger partial charge < -0.3 is 10.2 Å². The standard InChI is InChI=1S/C15H19N3/c1-3-16-11-13-9-10-17-12-15(13)18(2)14-7-5-4-6-8-14/h4-10,12,16H,3,11H2,1-2H3. The van der Waals surface area contributed by atoms with Crippen LogP contribution in [-0.4, -0.2) is 18.6 Å². The molecular formula is C15H19N3. The summed E-state index contributed by atoms with van der Waals surface area (Å²) in [6.45, 7) is 3.95. The molecule has 18 heavy (non-hydrogen) atoms. The smallest absolute Gasteiger partial charge is 0.0640 e. The van der Waals surface area contributed by atoms with Crippen LogP contribution in [0, 0.1) is 0 Å². The Balaban J connectivity index is 2.27. The molecule has 2 rings (SSSR count). The molecule has 2 aromatic rings. The minimum Gasteiger partial charge on any atom is -0.343 e. The molecular weight excluding hydrogens is 222 g/mol. The van der Waals surface area contributed by atoms with Gasteiger partial charge in [0.1, 0.15) is 0 Å². The van der Waals surface area contributed by atoms with Crippen molar-refractivity contribution in [1.29, 1.82) is 0 Å². The molecule has 1 N–H and O–H groups in total. The molecule has 0 saturated heterocycles. The van der Waals surface area contributed by atoms with Gasteiger partial charge in [-0.2, -0.15) is 0 Å². The highest BCUT2D eigenvalue weighted by Crippen LogP contribution is 2.25. The third kappa shape index (κ3) is 2.87. The van der Waals surface area contributed by atoms with Crippen LogP contribution in [0.1, 0.15) is 12.5 Å². The van der Waals surface area contributed by atoms with Crippen molar-refractivity contribution in [1.82, 2.24) is 10.3 Å². The van der Waals surface area contributed by atoms with E-state index in [0.717, 1.165) is 18.8 Å². The molecule has 0 radical (unpaired) electrons. The van der Waals surface area contributed by atoms with E-state index in [9.17, 15) is 0 Å². The highest BCUT2D eigenvalue weighted by molar-refractivity contribution is 5.64. The fraction of sp³-hybridized carbons (Fsp3) is 0.267. The molecule has 1 aromatic carbocycles. The summed E-state index contributed by atoms with van der Waals surface area (Å²) < 4.78 is 0. The van der Waals surface area contributed by atoms with Gasteiger partial charge in [0.15, 0.2) is 0 Å². The van der Waals surface area contributed by atoms with Gasteiger partial charge in [-0.15, -0.1) is 0 Å². The molecule has 1 heterocycles. The zero-order valence-electron chi connectivity index (χ0n) is 10.9. The van der Waals surface area contributed by atoms with Gasteiger partial charge in [-0.3, -0.25) is 4.98 Å². The molecule has 0 aliphatic rings. The number of nitrogens with one attached hydrogen (secondary N) is 1. The molecule has 0 aliphatic heterocycles. The summed E-state index contributed by atoms with van der Waals surface area (Å²) in [4.78, 5) is 6.40. The molecule has 0 aliphatic carbocycles. The number of rotatable bonds is 5. The van der Waals surface area contributed by atoms with Crippen molar-refractivity contribution in [3.05, 3.63) is 54.4 Å². The topological polar surface area (TPSA) is 28.2 Å². The summed E-state index contributed by atoms with van der Waals surface area (Å²) >= 11 is 0. The summed E-state index contributed by atoms with van der Waals surface area (Å²) in [5.41, 5.74) is 3.58. The second-order valence-corrected chi connectivity index (χ2v) is 4.18. The minimum atomic E-state index is 0.867. The van der Waals surface area contributed by atoms with E-state index in [1.165, 1.54) is 11.3 Å². The van der Waals surface area contributed by atoms with E-state index in [-0.39, 0.29) is 0 Å². The fourth-order valence-electron chi connectivity index (χ4n) is 1.92. The molecule has 1 aromatic heterocycles. The van der Waals surface area contributed by atoms with Crippen molar-refractivity contribution < 1.29 is 0 Å². The first kappa shape index (κ1) is 12.6. The molecule has 0 unspecified atom stereocenters. The van der Waals surface area contributed by atoms with Crippen LogP contribution in [0.5, 0.6) is 0 Å². The first-order valence-corrected chi connectivity index (χ1v) is 6.25. The van der Waals surface area contributed by atoms with E-state index in [2.05, 4.69) is 47.4 Å². The van der Waals surface area contributed by atoms with E-state index >= 15 is 0 Å². The Labute approximate surface area is 108 Å². The molecule has 0 fully saturated rings. The van der Waals surface area contributed by atoms with Gasteiger partial charge in [0.25, 0.3) is 0 Å². The van der Waals surface area contributed by atoms with E-state index in [0.29, 0.717) is 0 Å². The van der Waals surface area contributed by atoms with Crippen LogP contribution in [0.3, 0.4) is 0 Å².